The third kappa shape index (κ3) is 3.40. The van der Waals surface area contributed by atoms with Crippen LogP contribution in [0.4, 0.5) is 0 Å². The lowest BCUT2D eigenvalue weighted by molar-refractivity contribution is 0.0733. The van der Waals surface area contributed by atoms with Crippen LogP contribution in [0.2, 0.25) is 0 Å². The molecule has 3 heteroatoms. The molecule has 0 spiro atoms. The van der Waals surface area contributed by atoms with Crippen molar-refractivity contribution in [3.05, 3.63) is 35.4 Å². The van der Waals surface area contributed by atoms with Crippen LogP contribution in [0.5, 0.6) is 0 Å². The van der Waals surface area contributed by atoms with Crippen LogP contribution in [0.15, 0.2) is 24.3 Å². The Labute approximate surface area is 120 Å². The van der Waals surface area contributed by atoms with Crippen LogP contribution in [-0.2, 0) is 0 Å². The standard InChI is InChI=1S/C17H21NO2/c1-2-16-10-6-11-18(16)17(20)15-9-5-8-14(13-15)7-3-4-12-19/h5,8-9,13,16,19H,2,4,6,10-12H2,1H3. The monoisotopic (exact) mass is 271 g/mol. The zero-order valence-corrected chi connectivity index (χ0v) is 11.9. The zero-order chi connectivity index (χ0) is 14.4. The Morgan fingerprint density at radius 1 is 1.50 bits per heavy atom. The van der Waals surface area contributed by atoms with Gasteiger partial charge in [-0.3, -0.25) is 4.79 Å². The van der Waals surface area contributed by atoms with Crippen LogP contribution < -0.4 is 0 Å². The number of amides is 1. The minimum atomic E-state index is 0.0670. The molecule has 1 aromatic carbocycles. The van der Waals surface area contributed by atoms with Crippen molar-refractivity contribution in [2.45, 2.75) is 38.6 Å². The summed E-state index contributed by atoms with van der Waals surface area (Å²) in [7, 11) is 0. The van der Waals surface area contributed by atoms with Crippen molar-refractivity contribution >= 4 is 5.91 Å². The van der Waals surface area contributed by atoms with Crippen LogP contribution >= 0.6 is 0 Å². The van der Waals surface area contributed by atoms with E-state index in [4.69, 9.17) is 5.11 Å². The van der Waals surface area contributed by atoms with E-state index in [-0.39, 0.29) is 12.5 Å². The van der Waals surface area contributed by atoms with Crippen molar-refractivity contribution in [1.29, 1.82) is 0 Å². The van der Waals surface area contributed by atoms with Crippen LogP contribution in [-0.4, -0.2) is 35.1 Å². The first kappa shape index (κ1) is 14.6. The van der Waals surface area contributed by atoms with Crippen molar-refractivity contribution in [3.63, 3.8) is 0 Å². The zero-order valence-electron chi connectivity index (χ0n) is 11.9. The molecule has 106 valence electrons. The number of benzene rings is 1. The molecule has 0 aliphatic carbocycles. The highest BCUT2D eigenvalue weighted by Crippen LogP contribution is 2.22. The first-order chi connectivity index (χ1) is 9.76. The largest absolute Gasteiger partial charge is 0.395 e. The Morgan fingerprint density at radius 2 is 2.35 bits per heavy atom. The molecule has 1 fully saturated rings. The maximum atomic E-state index is 12.5. The van der Waals surface area contributed by atoms with Crippen molar-refractivity contribution < 1.29 is 9.90 Å². The summed E-state index contributed by atoms with van der Waals surface area (Å²) in [6.07, 6.45) is 3.68. The molecule has 1 aliphatic rings. The second kappa shape index (κ2) is 7.12. The number of nitrogens with zero attached hydrogens (tertiary/aromatic N) is 1. The third-order valence-electron chi connectivity index (χ3n) is 3.69. The summed E-state index contributed by atoms with van der Waals surface area (Å²) >= 11 is 0. The van der Waals surface area contributed by atoms with E-state index in [1.165, 1.54) is 0 Å². The van der Waals surface area contributed by atoms with Gasteiger partial charge in [0, 0.05) is 30.1 Å². The molecule has 3 nitrogen and oxygen atoms in total. The van der Waals surface area contributed by atoms with Crippen LogP contribution in [0.3, 0.4) is 0 Å². The van der Waals surface area contributed by atoms with Crippen molar-refractivity contribution in [2.75, 3.05) is 13.2 Å². The van der Waals surface area contributed by atoms with Gasteiger partial charge >= 0.3 is 0 Å². The number of rotatable bonds is 3. The Balaban J connectivity index is 2.14. The van der Waals surface area contributed by atoms with Crippen molar-refractivity contribution in [1.82, 2.24) is 4.90 Å². The average Bonchev–Trinajstić information content (AvgIpc) is 2.95. The fourth-order valence-electron chi connectivity index (χ4n) is 2.64. The predicted octanol–water partition coefficient (Wildman–Crippen LogP) is 2.44. The minimum absolute atomic E-state index is 0.0670. The van der Waals surface area contributed by atoms with E-state index in [0.717, 1.165) is 31.4 Å². The fraction of sp³-hybridized carbons (Fsp3) is 0.471. The van der Waals surface area contributed by atoms with Gasteiger partial charge in [0.1, 0.15) is 0 Å². The molecule has 0 aromatic heterocycles. The summed E-state index contributed by atoms with van der Waals surface area (Å²) in [4.78, 5) is 14.5. The molecular weight excluding hydrogens is 250 g/mol. The van der Waals surface area contributed by atoms with Crippen LogP contribution in [0.25, 0.3) is 0 Å². The molecular formula is C17H21NO2. The smallest absolute Gasteiger partial charge is 0.254 e. The van der Waals surface area contributed by atoms with E-state index in [0.29, 0.717) is 18.0 Å². The predicted molar refractivity (Wildman–Crippen MR) is 79.4 cm³/mol. The van der Waals surface area contributed by atoms with Gasteiger partial charge in [-0.25, -0.2) is 0 Å². The molecule has 0 radical (unpaired) electrons. The van der Waals surface area contributed by atoms with Crippen molar-refractivity contribution in [2.24, 2.45) is 0 Å². The molecule has 1 heterocycles. The van der Waals surface area contributed by atoms with E-state index >= 15 is 0 Å². The second-order valence-corrected chi connectivity index (χ2v) is 5.06. The van der Waals surface area contributed by atoms with Gasteiger partial charge in [-0.1, -0.05) is 24.8 Å². The molecule has 1 N–H and O–H groups in total. The number of aliphatic hydroxyl groups excluding tert-OH is 1. The number of aliphatic hydroxyl groups is 1. The molecule has 20 heavy (non-hydrogen) atoms. The van der Waals surface area contributed by atoms with Gasteiger partial charge in [-0.05, 0) is 37.5 Å². The number of carbonyl (C=O) groups is 1. The Hall–Kier alpha value is -1.79. The van der Waals surface area contributed by atoms with Gasteiger partial charge in [-0.15, -0.1) is 0 Å². The highest BCUT2D eigenvalue weighted by atomic mass is 16.2. The Bertz CT molecular complexity index is 527. The first-order valence-electron chi connectivity index (χ1n) is 7.27. The maximum absolute atomic E-state index is 12.5. The molecule has 1 saturated heterocycles. The van der Waals surface area contributed by atoms with Gasteiger partial charge in [-0.2, -0.15) is 0 Å². The SMILES string of the molecule is CCC1CCCN1C(=O)c1cccc(C#CCCO)c1. The van der Waals surface area contributed by atoms with E-state index in [9.17, 15) is 4.79 Å². The Morgan fingerprint density at radius 3 is 3.10 bits per heavy atom. The van der Waals surface area contributed by atoms with Gasteiger partial charge in [0.05, 0.1) is 6.61 Å². The minimum Gasteiger partial charge on any atom is -0.395 e. The van der Waals surface area contributed by atoms with Crippen LogP contribution in [0.1, 0.15) is 48.5 Å². The summed E-state index contributed by atoms with van der Waals surface area (Å²) in [5, 5.41) is 8.72. The molecule has 1 amide bonds. The van der Waals surface area contributed by atoms with Gasteiger partial charge < -0.3 is 10.0 Å². The average molecular weight is 271 g/mol. The molecule has 1 aliphatic heterocycles. The number of hydrogen-bond donors (Lipinski definition) is 1. The van der Waals surface area contributed by atoms with Gasteiger partial charge in [0.2, 0.25) is 0 Å². The fourth-order valence-corrected chi connectivity index (χ4v) is 2.64. The van der Waals surface area contributed by atoms with E-state index in [1.807, 2.05) is 29.2 Å². The van der Waals surface area contributed by atoms with E-state index in [1.54, 1.807) is 0 Å². The molecule has 0 saturated carbocycles. The normalized spacial score (nSPS) is 17.7. The van der Waals surface area contributed by atoms with Crippen LogP contribution in [0, 0.1) is 11.8 Å². The Kier molecular flexibility index (Phi) is 5.20. The highest BCUT2D eigenvalue weighted by Gasteiger charge is 2.27. The van der Waals surface area contributed by atoms with Gasteiger partial charge in [0.15, 0.2) is 0 Å². The number of likely N-dealkylation sites (tertiary alicyclic amines) is 1. The molecule has 1 unspecified atom stereocenters. The molecule has 2 rings (SSSR count). The summed E-state index contributed by atoms with van der Waals surface area (Å²) < 4.78 is 0. The van der Waals surface area contributed by atoms with Gasteiger partial charge in [0.25, 0.3) is 5.91 Å². The molecule has 0 bridgehead atoms. The summed E-state index contributed by atoms with van der Waals surface area (Å²) in [6, 6.07) is 7.84. The van der Waals surface area contributed by atoms with E-state index < -0.39 is 0 Å². The highest BCUT2D eigenvalue weighted by molar-refractivity contribution is 5.95. The summed E-state index contributed by atoms with van der Waals surface area (Å²) in [6.45, 7) is 3.06. The molecule has 1 atom stereocenters. The lowest BCUT2D eigenvalue weighted by atomic mass is 10.1. The number of hydrogen-bond acceptors (Lipinski definition) is 2. The first-order valence-corrected chi connectivity index (χ1v) is 7.27. The van der Waals surface area contributed by atoms with Crippen molar-refractivity contribution in [3.8, 4) is 11.8 Å². The van der Waals surface area contributed by atoms with E-state index in [2.05, 4.69) is 18.8 Å². The quantitative estimate of drug-likeness (QED) is 0.858. The third-order valence-corrected chi connectivity index (χ3v) is 3.69. The molecule has 1 aromatic rings. The lowest BCUT2D eigenvalue weighted by Gasteiger charge is -2.23. The summed E-state index contributed by atoms with van der Waals surface area (Å²) in [5.74, 6) is 5.97. The summed E-state index contributed by atoms with van der Waals surface area (Å²) in [5.41, 5.74) is 1.54. The lowest BCUT2D eigenvalue weighted by Crippen LogP contribution is -2.35. The topological polar surface area (TPSA) is 40.5 Å². The number of carbonyl (C=O) groups excluding carboxylic acids is 1. The second-order valence-electron chi connectivity index (χ2n) is 5.06. The maximum Gasteiger partial charge on any atom is 0.254 e.